The van der Waals surface area contributed by atoms with Gasteiger partial charge < -0.3 is 24.7 Å². The minimum absolute atomic E-state index is 0.0345. The van der Waals surface area contributed by atoms with Gasteiger partial charge in [0.25, 0.3) is 5.91 Å². The molecular formula is C33H34N6O2. The number of carbonyl (C=O) groups is 1. The van der Waals surface area contributed by atoms with E-state index in [-0.39, 0.29) is 11.3 Å². The minimum atomic E-state index is -0.150. The lowest BCUT2D eigenvalue weighted by Gasteiger charge is -2.28. The number of carbonyl (C=O) groups excluding carboxylic acids is 1. The van der Waals surface area contributed by atoms with Crippen LogP contribution < -0.4 is 15.5 Å². The number of imidazole rings is 1. The van der Waals surface area contributed by atoms with E-state index in [9.17, 15) is 4.79 Å². The van der Waals surface area contributed by atoms with E-state index < -0.39 is 0 Å². The molecule has 0 radical (unpaired) electrons. The Balaban J connectivity index is 1.22. The first-order valence-corrected chi connectivity index (χ1v) is 13.9. The highest BCUT2D eigenvalue weighted by molar-refractivity contribution is 6.04. The van der Waals surface area contributed by atoms with Crippen LogP contribution in [-0.4, -0.2) is 46.6 Å². The molecule has 0 unspecified atom stereocenters. The van der Waals surface area contributed by atoms with Crippen molar-refractivity contribution in [3.63, 3.8) is 0 Å². The topological polar surface area (TPSA) is 83.8 Å². The second-order valence-electron chi connectivity index (χ2n) is 11.3. The fraction of sp³-hybridized carbons (Fsp3) is 0.242. The van der Waals surface area contributed by atoms with Gasteiger partial charge in [-0.3, -0.25) is 4.79 Å². The quantitative estimate of drug-likeness (QED) is 0.252. The zero-order valence-electron chi connectivity index (χ0n) is 23.6. The van der Waals surface area contributed by atoms with Crippen LogP contribution in [0.2, 0.25) is 0 Å². The van der Waals surface area contributed by atoms with Crippen LogP contribution in [0.25, 0.3) is 16.9 Å². The molecule has 6 rings (SSSR count). The number of morpholine rings is 1. The molecule has 1 saturated heterocycles. The van der Waals surface area contributed by atoms with Crippen LogP contribution >= 0.6 is 0 Å². The average molecular weight is 547 g/mol. The molecule has 5 aromatic rings. The largest absolute Gasteiger partial charge is 0.378 e. The maximum Gasteiger partial charge on any atom is 0.255 e. The zero-order valence-corrected chi connectivity index (χ0v) is 23.6. The summed E-state index contributed by atoms with van der Waals surface area (Å²) in [5, 5.41) is 6.48. The Kier molecular flexibility index (Phi) is 7.15. The number of amides is 1. The summed E-state index contributed by atoms with van der Waals surface area (Å²) in [6, 6.07) is 23.9. The first-order chi connectivity index (χ1) is 19.8. The third-order valence-corrected chi connectivity index (χ3v) is 7.31. The van der Waals surface area contributed by atoms with Gasteiger partial charge in [-0.25, -0.2) is 9.97 Å². The average Bonchev–Trinajstić information content (AvgIpc) is 3.47. The molecule has 2 N–H and O–H groups in total. The van der Waals surface area contributed by atoms with Crippen molar-refractivity contribution < 1.29 is 9.53 Å². The lowest BCUT2D eigenvalue weighted by molar-refractivity contribution is 0.102. The molecule has 0 bridgehead atoms. The van der Waals surface area contributed by atoms with Crippen molar-refractivity contribution in [1.29, 1.82) is 0 Å². The van der Waals surface area contributed by atoms with Gasteiger partial charge in [0.05, 0.1) is 18.9 Å². The van der Waals surface area contributed by atoms with E-state index in [0.29, 0.717) is 17.1 Å². The molecule has 2 aromatic heterocycles. The van der Waals surface area contributed by atoms with Crippen molar-refractivity contribution in [2.75, 3.05) is 41.8 Å². The summed E-state index contributed by atoms with van der Waals surface area (Å²) < 4.78 is 7.43. The summed E-state index contributed by atoms with van der Waals surface area (Å²) in [6.07, 6.45) is 5.61. The molecule has 1 aliphatic rings. The van der Waals surface area contributed by atoms with E-state index >= 15 is 0 Å². The number of ether oxygens (including phenoxy) is 1. The Hall–Kier alpha value is -4.69. The van der Waals surface area contributed by atoms with Crippen LogP contribution in [0.5, 0.6) is 0 Å². The van der Waals surface area contributed by atoms with Crippen LogP contribution in [-0.2, 0) is 10.2 Å². The minimum Gasteiger partial charge on any atom is -0.378 e. The summed E-state index contributed by atoms with van der Waals surface area (Å²) in [5.41, 5.74) is 7.02. The van der Waals surface area contributed by atoms with Gasteiger partial charge in [0.2, 0.25) is 0 Å². The van der Waals surface area contributed by atoms with Crippen molar-refractivity contribution in [2.45, 2.75) is 26.2 Å². The van der Waals surface area contributed by atoms with E-state index in [4.69, 9.17) is 9.72 Å². The first kappa shape index (κ1) is 26.5. The number of nitrogens with one attached hydrogen (secondary N) is 2. The molecule has 208 valence electrons. The van der Waals surface area contributed by atoms with Crippen LogP contribution in [0.3, 0.4) is 0 Å². The summed E-state index contributed by atoms with van der Waals surface area (Å²) in [6.45, 7) is 9.78. The van der Waals surface area contributed by atoms with Crippen LogP contribution in [0.15, 0.2) is 91.4 Å². The van der Waals surface area contributed by atoms with Gasteiger partial charge >= 0.3 is 0 Å². The van der Waals surface area contributed by atoms with Crippen molar-refractivity contribution in [3.05, 3.63) is 103 Å². The van der Waals surface area contributed by atoms with E-state index in [0.717, 1.165) is 48.9 Å². The fourth-order valence-electron chi connectivity index (χ4n) is 4.95. The van der Waals surface area contributed by atoms with E-state index in [2.05, 4.69) is 65.6 Å². The highest BCUT2D eigenvalue weighted by Gasteiger charge is 2.16. The molecule has 8 nitrogen and oxygen atoms in total. The molecule has 1 amide bonds. The molecule has 41 heavy (non-hydrogen) atoms. The molecular weight excluding hydrogens is 512 g/mol. The number of hydrogen-bond donors (Lipinski definition) is 2. The maximum atomic E-state index is 13.0. The van der Waals surface area contributed by atoms with Gasteiger partial charge in [-0.2, -0.15) is 0 Å². The summed E-state index contributed by atoms with van der Waals surface area (Å²) in [4.78, 5) is 24.8. The van der Waals surface area contributed by atoms with Gasteiger partial charge in [0, 0.05) is 59.9 Å². The van der Waals surface area contributed by atoms with E-state index in [1.54, 1.807) is 6.20 Å². The lowest BCUT2D eigenvalue weighted by atomic mass is 9.87. The number of benzene rings is 3. The van der Waals surface area contributed by atoms with Gasteiger partial charge in [0.1, 0.15) is 0 Å². The van der Waals surface area contributed by atoms with Crippen molar-refractivity contribution in [3.8, 4) is 11.3 Å². The van der Waals surface area contributed by atoms with Gasteiger partial charge in [0.15, 0.2) is 11.5 Å². The lowest BCUT2D eigenvalue weighted by Crippen LogP contribution is -2.36. The molecule has 1 fully saturated rings. The predicted molar refractivity (Wildman–Crippen MR) is 164 cm³/mol. The first-order valence-electron chi connectivity index (χ1n) is 13.9. The van der Waals surface area contributed by atoms with Crippen molar-refractivity contribution in [1.82, 2.24) is 14.4 Å². The highest BCUT2D eigenvalue weighted by Crippen LogP contribution is 2.28. The van der Waals surface area contributed by atoms with Crippen LogP contribution in [0.4, 0.5) is 22.9 Å². The van der Waals surface area contributed by atoms with E-state index in [1.165, 1.54) is 11.3 Å². The number of fused-ring (bicyclic) bond motifs is 1. The van der Waals surface area contributed by atoms with E-state index in [1.807, 2.05) is 65.3 Å². The van der Waals surface area contributed by atoms with Crippen LogP contribution in [0.1, 0.15) is 36.7 Å². The molecule has 0 spiro atoms. The zero-order chi connectivity index (χ0) is 28.4. The number of aromatic nitrogens is 3. The Bertz CT molecular complexity index is 1660. The number of hydrogen-bond acceptors (Lipinski definition) is 6. The molecule has 1 aliphatic heterocycles. The standard InChI is InChI=1S/C33H34N6O2/c1-33(2,3)25-9-7-23(8-10-25)32(40)36-27-6-4-5-24(21-27)29-22-39-16-15-34-31(39)30(37-29)35-26-11-13-28(14-12-26)38-17-19-41-20-18-38/h4-16,21-22H,17-20H2,1-3H3,(H,35,37)(H,36,40). The molecule has 0 aliphatic carbocycles. The monoisotopic (exact) mass is 546 g/mol. The molecule has 8 heteroatoms. The molecule has 3 aromatic carbocycles. The fourth-order valence-corrected chi connectivity index (χ4v) is 4.95. The predicted octanol–water partition coefficient (Wildman–Crippen LogP) is 6.53. The normalized spacial score (nSPS) is 13.8. The SMILES string of the molecule is CC(C)(C)c1ccc(C(=O)Nc2cccc(-c3cn4ccnc4c(Nc4ccc(N5CCOCC5)cc4)n3)c2)cc1. The van der Waals surface area contributed by atoms with Crippen molar-refractivity contribution >= 4 is 34.4 Å². The number of anilines is 4. The van der Waals surface area contributed by atoms with Crippen molar-refractivity contribution in [2.24, 2.45) is 0 Å². The van der Waals surface area contributed by atoms with Crippen LogP contribution in [0, 0.1) is 0 Å². The van der Waals surface area contributed by atoms with Gasteiger partial charge in [-0.15, -0.1) is 0 Å². The summed E-state index contributed by atoms with van der Waals surface area (Å²) in [7, 11) is 0. The Morgan fingerprint density at radius 2 is 1.68 bits per heavy atom. The second kappa shape index (κ2) is 11.1. The Morgan fingerprint density at radius 3 is 2.41 bits per heavy atom. The smallest absolute Gasteiger partial charge is 0.255 e. The summed E-state index contributed by atoms with van der Waals surface area (Å²) in [5.74, 6) is 0.503. The third kappa shape index (κ3) is 5.93. The second-order valence-corrected chi connectivity index (χ2v) is 11.3. The molecule has 0 saturated carbocycles. The Labute approximate surface area is 240 Å². The maximum absolute atomic E-state index is 13.0. The van der Waals surface area contributed by atoms with Gasteiger partial charge in [-0.05, 0) is 59.5 Å². The highest BCUT2D eigenvalue weighted by atomic mass is 16.5. The number of nitrogens with zero attached hydrogens (tertiary/aromatic N) is 4. The molecule has 3 heterocycles. The summed E-state index contributed by atoms with van der Waals surface area (Å²) >= 11 is 0. The third-order valence-electron chi connectivity index (χ3n) is 7.31. The van der Waals surface area contributed by atoms with Gasteiger partial charge in [-0.1, -0.05) is 45.0 Å². The molecule has 0 atom stereocenters. The number of rotatable bonds is 6. The Morgan fingerprint density at radius 1 is 0.927 bits per heavy atom.